The molecule has 1 spiro atoms. The van der Waals surface area contributed by atoms with Gasteiger partial charge in [0.05, 0.1) is 7.11 Å². The summed E-state index contributed by atoms with van der Waals surface area (Å²) in [5.41, 5.74) is 5.58. The Morgan fingerprint density at radius 2 is 1.64 bits per heavy atom. The number of methoxy groups -OCH3 is 1. The van der Waals surface area contributed by atoms with Gasteiger partial charge in [-0.2, -0.15) is 0 Å². The van der Waals surface area contributed by atoms with E-state index in [0.29, 0.717) is 5.75 Å². The molecule has 2 unspecified atom stereocenters. The van der Waals surface area contributed by atoms with Gasteiger partial charge in [0.15, 0.2) is 0 Å². The molecular formula is C26H26O2. The Bertz CT molecular complexity index is 1080. The van der Waals surface area contributed by atoms with Gasteiger partial charge in [-0.15, -0.1) is 0 Å². The van der Waals surface area contributed by atoms with Crippen LogP contribution in [-0.4, -0.2) is 12.2 Å². The molecule has 3 aliphatic rings. The van der Waals surface area contributed by atoms with Gasteiger partial charge in [0, 0.05) is 10.8 Å². The summed E-state index contributed by atoms with van der Waals surface area (Å²) in [4.78, 5) is 0. The summed E-state index contributed by atoms with van der Waals surface area (Å²) in [6.07, 6.45) is 7.97. The number of benzene rings is 3. The van der Waals surface area contributed by atoms with Crippen molar-refractivity contribution in [2.45, 2.75) is 43.9 Å². The summed E-state index contributed by atoms with van der Waals surface area (Å²) in [5, 5.41) is 13.0. The van der Waals surface area contributed by atoms with Crippen molar-refractivity contribution in [2.75, 3.05) is 7.11 Å². The molecule has 2 atom stereocenters. The lowest BCUT2D eigenvalue weighted by molar-refractivity contribution is 0.277. The molecule has 3 aromatic carbocycles. The second kappa shape index (κ2) is 5.76. The van der Waals surface area contributed by atoms with Gasteiger partial charge in [-0.1, -0.05) is 49.9 Å². The first-order valence-electron chi connectivity index (χ1n) is 10.7. The molecule has 0 radical (unpaired) electrons. The van der Waals surface area contributed by atoms with E-state index in [4.69, 9.17) is 4.74 Å². The van der Waals surface area contributed by atoms with E-state index in [2.05, 4.69) is 36.4 Å². The first-order chi connectivity index (χ1) is 13.7. The monoisotopic (exact) mass is 370 g/mol. The molecule has 0 amide bonds. The zero-order valence-corrected chi connectivity index (χ0v) is 16.4. The van der Waals surface area contributed by atoms with Crippen molar-refractivity contribution in [3.8, 4) is 22.6 Å². The molecule has 28 heavy (non-hydrogen) atoms. The molecular weight excluding hydrogens is 344 g/mol. The number of phenolic OH excluding ortho intramolecular Hbond substituents is 1. The van der Waals surface area contributed by atoms with Crippen molar-refractivity contribution in [3.63, 3.8) is 0 Å². The van der Waals surface area contributed by atoms with E-state index in [-0.39, 0.29) is 5.41 Å². The predicted molar refractivity (Wildman–Crippen MR) is 113 cm³/mol. The molecule has 1 N–H and O–H groups in total. The molecule has 3 aromatic rings. The lowest BCUT2D eigenvalue weighted by atomic mass is 9.75. The van der Waals surface area contributed by atoms with Crippen LogP contribution in [0.15, 0.2) is 48.5 Å². The molecule has 2 fully saturated rings. The molecule has 142 valence electrons. The maximum atomic E-state index is 10.9. The Morgan fingerprint density at radius 3 is 2.39 bits per heavy atom. The van der Waals surface area contributed by atoms with Crippen LogP contribution >= 0.6 is 0 Å². The quantitative estimate of drug-likeness (QED) is 0.535. The van der Waals surface area contributed by atoms with E-state index >= 15 is 0 Å². The molecule has 0 saturated heterocycles. The maximum Gasteiger partial charge on any atom is 0.123 e. The summed E-state index contributed by atoms with van der Waals surface area (Å²) < 4.78 is 5.52. The molecule has 3 aliphatic carbocycles. The summed E-state index contributed by atoms with van der Waals surface area (Å²) in [7, 11) is 1.71. The average molecular weight is 370 g/mol. The maximum absolute atomic E-state index is 10.9. The van der Waals surface area contributed by atoms with Crippen molar-refractivity contribution < 1.29 is 9.84 Å². The average Bonchev–Trinajstić information content (AvgIpc) is 3.25. The zero-order valence-electron chi connectivity index (χ0n) is 16.4. The van der Waals surface area contributed by atoms with Crippen molar-refractivity contribution in [3.05, 3.63) is 59.7 Å². The van der Waals surface area contributed by atoms with Crippen LogP contribution in [0.2, 0.25) is 0 Å². The van der Waals surface area contributed by atoms with Crippen molar-refractivity contribution in [1.29, 1.82) is 0 Å². The summed E-state index contributed by atoms with van der Waals surface area (Å²) in [5.74, 6) is 2.91. The number of hydrogen-bond donors (Lipinski definition) is 1. The molecule has 0 heterocycles. The third-order valence-corrected chi connectivity index (χ3v) is 7.84. The standard InChI is InChI=1S/C26H26O2/c1-28-18-10-11-19-21(12-18)25-20-8-4-5-9-22(20)26(23(25)13-24(19)27)14-16-6-2-3-7-17(16)15-26/h4-5,8-13,16-17,27H,2-3,6-7,14-15H2,1H3. The van der Waals surface area contributed by atoms with Crippen LogP contribution in [-0.2, 0) is 5.41 Å². The topological polar surface area (TPSA) is 29.5 Å². The SMILES string of the molecule is COc1ccc2c(O)cc3c(c2c1)-c1ccccc1C31CC2CCCCC2C1. The number of aromatic hydroxyl groups is 1. The highest BCUT2D eigenvalue weighted by atomic mass is 16.5. The Kier molecular flexibility index (Phi) is 3.39. The van der Waals surface area contributed by atoms with Crippen LogP contribution in [0, 0.1) is 11.8 Å². The van der Waals surface area contributed by atoms with Gasteiger partial charge in [-0.25, -0.2) is 0 Å². The van der Waals surface area contributed by atoms with Gasteiger partial charge in [-0.3, -0.25) is 0 Å². The molecule has 2 nitrogen and oxygen atoms in total. The van der Waals surface area contributed by atoms with E-state index < -0.39 is 0 Å². The number of fused-ring (bicyclic) bond motifs is 8. The molecule has 2 heteroatoms. The van der Waals surface area contributed by atoms with Gasteiger partial charge < -0.3 is 9.84 Å². The molecule has 0 aliphatic heterocycles. The van der Waals surface area contributed by atoms with E-state index in [1.165, 1.54) is 60.8 Å². The Hall–Kier alpha value is -2.48. The second-order valence-corrected chi connectivity index (χ2v) is 9.07. The van der Waals surface area contributed by atoms with E-state index in [9.17, 15) is 5.11 Å². The third-order valence-electron chi connectivity index (χ3n) is 7.84. The van der Waals surface area contributed by atoms with E-state index in [0.717, 1.165) is 28.4 Å². The minimum absolute atomic E-state index is 0.0698. The molecule has 0 bridgehead atoms. The third kappa shape index (κ3) is 2.04. The molecule has 0 aromatic heterocycles. The zero-order chi connectivity index (χ0) is 18.9. The lowest BCUT2D eigenvalue weighted by Gasteiger charge is -2.28. The van der Waals surface area contributed by atoms with Gasteiger partial charge in [0.25, 0.3) is 0 Å². The fourth-order valence-corrected chi connectivity index (χ4v) is 6.68. The smallest absolute Gasteiger partial charge is 0.123 e. The number of hydrogen-bond acceptors (Lipinski definition) is 2. The first-order valence-corrected chi connectivity index (χ1v) is 10.7. The molecule has 2 saturated carbocycles. The lowest BCUT2D eigenvalue weighted by Crippen LogP contribution is -2.21. The van der Waals surface area contributed by atoms with Crippen LogP contribution in [0.4, 0.5) is 0 Å². The van der Waals surface area contributed by atoms with E-state index in [1.807, 2.05) is 12.1 Å². The second-order valence-electron chi connectivity index (χ2n) is 9.07. The summed E-state index contributed by atoms with van der Waals surface area (Å²) >= 11 is 0. The van der Waals surface area contributed by atoms with Gasteiger partial charge >= 0.3 is 0 Å². The fraction of sp³-hybridized carbons (Fsp3) is 0.385. The Labute approximate surface area is 166 Å². The highest BCUT2D eigenvalue weighted by Gasteiger charge is 2.52. The van der Waals surface area contributed by atoms with Gasteiger partial charge in [-0.05, 0) is 76.6 Å². The summed E-state index contributed by atoms with van der Waals surface area (Å²) in [6.45, 7) is 0. The van der Waals surface area contributed by atoms with Crippen LogP contribution in [0.1, 0.15) is 49.7 Å². The van der Waals surface area contributed by atoms with Crippen LogP contribution in [0.5, 0.6) is 11.5 Å². The molecule has 6 rings (SSSR count). The van der Waals surface area contributed by atoms with Crippen LogP contribution in [0.3, 0.4) is 0 Å². The Balaban J connectivity index is 1.67. The fourth-order valence-electron chi connectivity index (χ4n) is 6.68. The number of ether oxygens (including phenoxy) is 1. The van der Waals surface area contributed by atoms with Crippen molar-refractivity contribution in [2.24, 2.45) is 11.8 Å². The van der Waals surface area contributed by atoms with Crippen molar-refractivity contribution in [1.82, 2.24) is 0 Å². The highest BCUT2D eigenvalue weighted by molar-refractivity contribution is 6.05. The highest BCUT2D eigenvalue weighted by Crippen LogP contribution is 2.63. The predicted octanol–water partition coefficient (Wildman–Crippen LogP) is 6.42. The van der Waals surface area contributed by atoms with Crippen molar-refractivity contribution >= 4 is 10.8 Å². The Morgan fingerprint density at radius 1 is 0.893 bits per heavy atom. The van der Waals surface area contributed by atoms with Gasteiger partial charge in [0.2, 0.25) is 0 Å². The largest absolute Gasteiger partial charge is 0.507 e. The van der Waals surface area contributed by atoms with Crippen LogP contribution in [0.25, 0.3) is 21.9 Å². The van der Waals surface area contributed by atoms with E-state index in [1.54, 1.807) is 7.11 Å². The minimum atomic E-state index is 0.0698. The summed E-state index contributed by atoms with van der Waals surface area (Å²) in [6, 6.07) is 17.1. The normalized spacial score (nSPS) is 27.6. The van der Waals surface area contributed by atoms with Crippen LogP contribution < -0.4 is 4.74 Å². The number of phenols is 1. The number of rotatable bonds is 1. The minimum Gasteiger partial charge on any atom is -0.507 e. The first kappa shape index (κ1) is 16.5. The van der Waals surface area contributed by atoms with Gasteiger partial charge in [0.1, 0.15) is 11.5 Å².